The Labute approximate surface area is 70.3 Å². The highest BCUT2D eigenvalue weighted by molar-refractivity contribution is 5.26. The lowest BCUT2D eigenvalue weighted by Gasteiger charge is -2.05. The Balaban J connectivity index is 4.49. The lowest BCUT2D eigenvalue weighted by atomic mass is 10.0. The van der Waals surface area contributed by atoms with Gasteiger partial charge in [-0.15, -0.1) is 0 Å². The van der Waals surface area contributed by atoms with Gasteiger partial charge in [0.1, 0.15) is 0 Å². The van der Waals surface area contributed by atoms with Gasteiger partial charge in [-0.1, -0.05) is 44.2 Å². The first-order valence-electron chi connectivity index (χ1n) is 4.05. The summed E-state index contributed by atoms with van der Waals surface area (Å²) in [5, 5.41) is 0. The van der Waals surface area contributed by atoms with E-state index >= 15 is 0 Å². The van der Waals surface area contributed by atoms with Gasteiger partial charge >= 0.3 is 0 Å². The van der Waals surface area contributed by atoms with Crippen molar-refractivity contribution < 1.29 is 0 Å². The maximum absolute atomic E-state index is 3.68. The molecule has 0 aliphatic rings. The first kappa shape index (κ1) is 10.2. The van der Waals surface area contributed by atoms with Gasteiger partial charge in [0.05, 0.1) is 0 Å². The van der Waals surface area contributed by atoms with E-state index < -0.39 is 0 Å². The van der Waals surface area contributed by atoms with E-state index in [1.165, 1.54) is 11.1 Å². The van der Waals surface area contributed by atoms with E-state index in [0.29, 0.717) is 5.92 Å². The molecular formula is C11H18. The molecule has 0 aromatic carbocycles. The summed E-state index contributed by atoms with van der Waals surface area (Å²) in [6.07, 6.45) is 6.11. The first-order valence-corrected chi connectivity index (χ1v) is 4.05. The van der Waals surface area contributed by atoms with Crippen molar-refractivity contribution in [1.82, 2.24) is 0 Å². The van der Waals surface area contributed by atoms with Crippen molar-refractivity contribution in [3.8, 4) is 0 Å². The number of hydrogen-bond donors (Lipinski definition) is 0. The number of hydrogen-bond acceptors (Lipinski definition) is 0. The van der Waals surface area contributed by atoms with Gasteiger partial charge in [-0.2, -0.15) is 0 Å². The van der Waals surface area contributed by atoms with Crippen molar-refractivity contribution in [2.45, 2.75) is 27.7 Å². The van der Waals surface area contributed by atoms with Crippen LogP contribution in [0.2, 0.25) is 0 Å². The smallest absolute Gasteiger partial charge is 0.0219 e. The summed E-state index contributed by atoms with van der Waals surface area (Å²) in [6.45, 7) is 12.3. The second-order valence-corrected chi connectivity index (χ2v) is 3.28. The SMILES string of the molecule is C=CC=C(C=C(C)C)C(C)C. The van der Waals surface area contributed by atoms with Gasteiger partial charge in [0.2, 0.25) is 0 Å². The summed E-state index contributed by atoms with van der Waals surface area (Å²) >= 11 is 0. The molecule has 0 saturated carbocycles. The molecule has 0 aliphatic heterocycles. The standard InChI is InChI=1S/C11H18/c1-6-7-11(10(4)5)8-9(2)3/h6-8,10H,1H2,2-5H3. The fourth-order valence-electron chi connectivity index (χ4n) is 0.877. The van der Waals surface area contributed by atoms with E-state index in [4.69, 9.17) is 0 Å². The molecule has 0 aromatic rings. The molecule has 0 unspecified atom stereocenters. The molecule has 11 heavy (non-hydrogen) atoms. The van der Waals surface area contributed by atoms with Crippen molar-refractivity contribution >= 4 is 0 Å². The van der Waals surface area contributed by atoms with Crippen LogP contribution in [0.25, 0.3) is 0 Å². The van der Waals surface area contributed by atoms with Crippen LogP contribution < -0.4 is 0 Å². The summed E-state index contributed by atoms with van der Waals surface area (Å²) < 4.78 is 0. The molecule has 0 bridgehead atoms. The molecule has 0 nitrogen and oxygen atoms in total. The van der Waals surface area contributed by atoms with Gasteiger partial charge in [0.25, 0.3) is 0 Å². The molecular weight excluding hydrogens is 132 g/mol. The maximum Gasteiger partial charge on any atom is -0.0219 e. The summed E-state index contributed by atoms with van der Waals surface area (Å²) in [4.78, 5) is 0. The van der Waals surface area contributed by atoms with Crippen LogP contribution in [0, 0.1) is 5.92 Å². The van der Waals surface area contributed by atoms with Gasteiger partial charge < -0.3 is 0 Å². The highest BCUT2D eigenvalue weighted by atomic mass is 14.0. The minimum absolute atomic E-state index is 0.586. The zero-order chi connectivity index (χ0) is 8.85. The van der Waals surface area contributed by atoms with Crippen LogP contribution in [0.1, 0.15) is 27.7 Å². The third-order valence-electron chi connectivity index (χ3n) is 1.43. The van der Waals surface area contributed by atoms with Gasteiger partial charge in [-0.05, 0) is 25.3 Å². The lowest BCUT2D eigenvalue weighted by molar-refractivity contribution is 0.790. The molecule has 0 fully saturated rings. The second kappa shape index (κ2) is 4.95. The minimum Gasteiger partial charge on any atom is -0.0991 e. The Bertz CT molecular complexity index is 176. The summed E-state index contributed by atoms with van der Waals surface area (Å²) in [5.74, 6) is 0.586. The van der Waals surface area contributed by atoms with Gasteiger partial charge in [-0.3, -0.25) is 0 Å². The molecule has 0 spiro atoms. The first-order chi connectivity index (χ1) is 5.07. The topological polar surface area (TPSA) is 0 Å². The molecule has 0 rings (SSSR count). The quantitative estimate of drug-likeness (QED) is 0.538. The molecule has 0 heteroatoms. The highest BCUT2D eigenvalue weighted by Gasteiger charge is 1.96. The van der Waals surface area contributed by atoms with E-state index in [0.717, 1.165) is 0 Å². The van der Waals surface area contributed by atoms with Crippen LogP contribution in [0.5, 0.6) is 0 Å². The average Bonchev–Trinajstić information content (AvgIpc) is 1.86. The van der Waals surface area contributed by atoms with E-state index in [1.807, 2.05) is 6.08 Å². The third-order valence-corrected chi connectivity index (χ3v) is 1.43. The predicted molar refractivity (Wildman–Crippen MR) is 52.5 cm³/mol. The number of rotatable bonds is 3. The Morgan fingerprint density at radius 3 is 2.09 bits per heavy atom. The van der Waals surface area contributed by atoms with Crippen LogP contribution in [0.4, 0.5) is 0 Å². The van der Waals surface area contributed by atoms with Crippen molar-refractivity contribution in [1.29, 1.82) is 0 Å². The van der Waals surface area contributed by atoms with Crippen LogP contribution in [0.15, 0.2) is 36.0 Å². The summed E-state index contributed by atoms with van der Waals surface area (Å²) in [5.41, 5.74) is 2.69. The molecule has 0 N–H and O–H groups in total. The van der Waals surface area contributed by atoms with Crippen LogP contribution in [0.3, 0.4) is 0 Å². The predicted octanol–water partition coefficient (Wildman–Crippen LogP) is 3.72. The normalized spacial score (nSPS) is 11.5. The Morgan fingerprint density at radius 2 is 1.82 bits per heavy atom. The van der Waals surface area contributed by atoms with E-state index in [2.05, 4.69) is 46.4 Å². The Hall–Kier alpha value is -0.780. The van der Waals surface area contributed by atoms with Gasteiger partial charge in [0.15, 0.2) is 0 Å². The molecule has 0 heterocycles. The molecule has 0 saturated heterocycles. The van der Waals surface area contributed by atoms with Crippen molar-refractivity contribution in [3.05, 3.63) is 36.0 Å². The van der Waals surface area contributed by atoms with Crippen molar-refractivity contribution in [2.24, 2.45) is 5.92 Å². The monoisotopic (exact) mass is 150 g/mol. The largest absolute Gasteiger partial charge is 0.0991 e. The van der Waals surface area contributed by atoms with Crippen molar-refractivity contribution in [3.63, 3.8) is 0 Å². The molecule has 0 amide bonds. The van der Waals surface area contributed by atoms with Crippen LogP contribution in [-0.2, 0) is 0 Å². The van der Waals surface area contributed by atoms with Crippen LogP contribution >= 0.6 is 0 Å². The van der Waals surface area contributed by atoms with E-state index in [-0.39, 0.29) is 0 Å². The fraction of sp³-hybridized carbons (Fsp3) is 0.455. The fourth-order valence-corrected chi connectivity index (χ4v) is 0.877. The minimum atomic E-state index is 0.586. The molecule has 0 atom stereocenters. The Kier molecular flexibility index (Phi) is 4.60. The third kappa shape index (κ3) is 4.60. The zero-order valence-electron chi connectivity index (χ0n) is 8.02. The van der Waals surface area contributed by atoms with Gasteiger partial charge in [-0.25, -0.2) is 0 Å². The summed E-state index contributed by atoms with van der Waals surface area (Å²) in [7, 11) is 0. The van der Waals surface area contributed by atoms with E-state index in [1.54, 1.807) is 0 Å². The molecule has 0 aliphatic carbocycles. The maximum atomic E-state index is 3.68. The van der Waals surface area contributed by atoms with E-state index in [9.17, 15) is 0 Å². The Morgan fingerprint density at radius 1 is 1.27 bits per heavy atom. The second-order valence-electron chi connectivity index (χ2n) is 3.28. The summed E-state index contributed by atoms with van der Waals surface area (Å²) in [6, 6.07) is 0. The van der Waals surface area contributed by atoms with Crippen molar-refractivity contribution in [2.75, 3.05) is 0 Å². The zero-order valence-corrected chi connectivity index (χ0v) is 8.02. The molecule has 62 valence electrons. The van der Waals surface area contributed by atoms with Crippen LogP contribution in [-0.4, -0.2) is 0 Å². The average molecular weight is 150 g/mol. The van der Waals surface area contributed by atoms with Gasteiger partial charge in [0, 0.05) is 0 Å². The molecule has 0 radical (unpaired) electrons. The number of allylic oxidation sites excluding steroid dienone is 5. The lowest BCUT2D eigenvalue weighted by Crippen LogP contribution is -1.90. The molecule has 0 aromatic heterocycles. The highest BCUT2D eigenvalue weighted by Crippen LogP contribution is 2.12.